The maximum Gasteiger partial charge on any atom is 0.397 e. The second-order valence-electron chi connectivity index (χ2n) is 18.3. The molecule has 0 radical (unpaired) electrons. The molecule has 0 spiro atoms. The van der Waals surface area contributed by atoms with Crippen LogP contribution in [0.25, 0.3) is 0 Å². The fourth-order valence-corrected chi connectivity index (χ4v) is 8.85. The van der Waals surface area contributed by atoms with Gasteiger partial charge in [-0.05, 0) is 19.3 Å². The molecule has 8 atom stereocenters. The molecule has 374 valence electrons. The van der Waals surface area contributed by atoms with Crippen molar-refractivity contribution < 1.29 is 57.0 Å². The zero-order valence-electron chi connectivity index (χ0n) is 39.8. The Morgan fingerprint density at radius 3 is 1.43 bits per heavy atom. The Kier molecular flexibility index (Phi) is 37.9. The standard InChI is InChI=1S/C49H95NO12S/c1-3-5-7-9-11-13-15-17-19-21-22-24-26-28-30-32-34-36-38-43(53)48(56)50-41(40-60-49-46(55)47(62-63(57,58)59)45(54)44(39-51)61-49)42(52)37-35-33-31-29-27-25-23-20-18-16-14-12-10-8-6-4-2/h35,37,41-47,49,51-55H,3-34,36,38-40H2,1-2H3,(H,50,56)(H,57,58,59)/b37-35+. The van der Waals surface area contributed by atoms with E-state index in [1.54, 1.807) is 6.08 Å². The zero-order chi connectivity index (χ0) is 46.4. The Hall–Kier alpha value is -1.20. The van der Waals surface area contributed by atoms with E-state index in [-0.39, 0.29) is 6.42 Å². The van der Waals surface area contributed by atoms with Gasteiger partial charge in [-0.15, -0.1) is 0 Å². The predicted octanol–water partition coefficient (Wildman–Crippen LogP) is 9.70. The van der Waals surface area contributed by atoms with Crippen LogP contribution in [0.3, 0.4) is 0 Å². The first-order valence-corrected chi connectivity index (χ1v) is 27.0. The molecule has 1 amide bonds. The molecule has 1 saturated heterocycles. The van der Waals surface area contributed by atoms with Crippen LogP contribution in [-0.2, 0) is 28.9 Å². The monoisotopic (exact) mass is 922 g/mol. The van der Waals surface area contributed by atoms with E-state index in [1.807, 2.05) is 6.08 Å². The van der Waals surface area contributed by atoms with Gasteiger partial charge in [0.05, 0.1) is 25.4 Å². The molecule has 0 aliphatic carbocycles. The largest absolute Gasteiger partial charge is 0.397 e. The number of allylic oxidation sites excluding steroid dienone is 1. The molecular weight excluding hydrogens is 827 g/mol. The van der Waals surface area contributed by atoms with Crippen LogP contribution in [0.5, 0.6) is 0 Å². The van der Waals surface area contributed by atoms with Crippen molar-refractivity contribution in [1.82, 2.24) is 5.32 Å². The van der Waals surface area contributed by atoms with Crippen LogP contribution >= 0.6 is 0 Å². The lowest BCUT2D eigenvalue weighted by Crippen LogP contribution is -2.61. The first-order valence-electron chi connectivity index (χ1n) is 25.7. The van der Waals surface area contributed by atoms with Crippen molar-refractivity contribution in [3.63, 3.8) is 0 Å². The second kappa shape index (κ2) is 39.9. The van der Waals surface area contributed by atoms with Gasteiger partial charge in [0.15, 0.2) is 6.29 Å². The zero-order valence-corrected chi connectivity index (χ0v) is 40.6. The topological polar surface area (TPSA) is 212 Å². The number of carbonyl (C=O) groups excluding carboxylic acids is 1. The number of amides is 1. The van der Waals surface area contributed by atoms with Gasteiger partial charge in [0, 0.05) is 0 Å². The highest BCUT2D eigenvalue weighted by Crippen LogP contribution is 2.26. The van der Waals surface area contributed by atoms with Crippen LogP contribution in [-0.4, -0.2) is 107 Å². The van der Waals surface area contributed by atoms with E-state index < -0.39 is 78.5 Å². The summed E-state index contributed by atoms with van der Waals surface area (Å²) >= 11 is 0. The molecule has 1 rings (SSSR count). The first-order chi connectivity index (χ1) is 30.4. The van der Waals surface area contributed by atoms with Crippen molar-refractivity contribution in [3.8, 4) is 0 Å². The van der Waals surface area contributed by atoms with Gasteiger partial charge in [-0.2, -0.15) is 8.42 Å². The van der Waals surface area contributed by atoms with E-state index in [1.165, 1.54) is 161 Å². The number of hydrogen-bond donors (Lipinski definition) is 7. The summed E-state index contributed by atoms with van der Waals surface area (Å²) in [6, 6.07) is -1.11. The summed E-state index contributed by atoms with van der Waals surface area (Å²) in [5.41, 5.74) is 0. The number of nitrogens with one attached hydrogen (secondary N) is 1. The highest BCUT2D eigenvalue weighted by Gasteiger charge is 2.48. The fraction of sp³-hybridized carbons (Fsp3) is 0.939. The van der Waals surface area contributed by atoms with Crippen molar-refractivity contribution in [2.75, 3.05) is 13.2 Å². The highest BCUT2D eigenvalue weighted by molar-refractivity contribution is 7.80. The average Bonchev–Trinajstić information content (AvgIpc) is 3.25. The van der Waals surface area contributed by atoms with Gasteiger partial charge in [0.1, 0.15) is 30.5 Å². The molecule has 8 unspecified atom stereocenters. The smallest absolute Gasteiger partial charge is 0.394 e. The molecular formula is C49H95NO12S. The van der Waals surface area contributed by atoms with Crippen LogP contribution in [0.2, 0.25) is 0 Å². The van der Waals surface area contributed by atoms with Crippen molar-refractivity contribution in [2.24, 2.45) is 0 Å². The second-order valence-corrected chi connectivity index (χ2v) is 19.3. The Morgan fingerprint density at radius 2 is 1.03 bits per heavy atom. The number of carbonyl (C=O) groups is 1. The molecule has 1 aliphatic rings. The van der Waals surface area contributed by atoms with Crippen molar-refractivity contribution >= 4 is 16.3 Å². The van der Waals surface area contributed by atoms with Gasteiger partial charge in [0.2, 0.25) is 5.91 Å². The van der Waals surface area contributed by atoms with Gasteiger partial charge in [-0.25, -0.2) is 4.18 Å². The number of rotatable bonds is 44. The van der Waals surface area contributed by atoms with Gasteiger partial charge >= 0.3 is 10.4 Å². The van der Waals surface area contributed by atoms with E-state index >= 15 is 0 Å². The third-order valence-electron chi connectivity index (χ3n) is 12.4. The van der Waals surface area contributed by atoms with E-state index in [0.29, 0.717) is 12.8 Å². The summed E-state index contributed by atoms with van der Waals surface area (Å²) in [7, 11) is -5.12. The number of unbranched alkanes of at least 4 members (excludes halogenated alkanes) is 31. The molecule has 0 aromatic rings. The molecule has 14 heteroatoms. The number of aliphatic hydroxyl groups is 5. The minimum atomic E-state index is -5.12. The molecule has 63 heavy (non-hydrogen) atoms. The lowest BCUT2D eigenvalue weighted by atomic mass is 9.99. The van der Waals surface area contributed by atoms with Gasteiger partial charge in [-0.1, -0.05) is 225 Å². The SMILES string of the molecule is CCCCCCCCCCCCCCCC/C=C/C(O)C(COC1OC(CO)C(O)C(OS(=O)(=O)O)C1O)NC(=O)C(O)CCCCCCCCCCCCCCCCCCCC. The van der Waals surface area contributed by atoms with E-state index in [0.717, 1.165) is 38.5 Å². The minimum Gasteiger partial charge on any atom is -0.394 e. The van der Waals surface area contributed by atoms with Gasteiger partial charge in [-0.3, -0.25) is 9.35 Å². The summed E-state index contributed by atoms with van der Waals surface area (Å²) in [4.78, 5) is 13.1. The quantitative estimate of drug-likeness (QED) is 0.0173. The molecule has 0 aromatic carbocycles. The van der Waals surface area contributed by atoms with E-state index in [2.05, 4.69) is 23.3 Å². The maximum absolute atomic E-state index is 13.1. The first kappa shape index (κ1) is 59.8. The third kappa shape index (κ3) is 32.2. The molecule has 0 bridgehead atoms. The lowest BCUT2D eigenvalue weighted by Gasteiger charge is -2.41. The van der Waals surface area contributed by atoms with E-state index in [4.69, 9.17) is 9.47 Å². The van der Waals surface area contributed by atoms with Crippen molar-refractivity contribution in [3.05, 3.63) is 12.2 Å². The summed E-state index contributed by atoms with van der Waals surface area (Å²) in [6.07, 6.45) is 32.8. The molecule has 7 N–H and O–H groups in total. The maximum atomic E-state index is 13.1. The van der Waals surface area contributed by atoms with Crippen LogP contribution in [0.15, 0.2) is 12.2 Å². The summed E-state index contributed by atoms with van der Waals surface area (Å²) in [6.45, 7) is 3.25. The molecule has 13 nitrogen and oxygen atoms in total. The average molecular weight is 922 g/mol. The molecule has 1 aliphatic heterocycles. The van der Waals surface area contributed by atoms with Gasteiger partial charge < -0.3 is 40.3 Å². The predicted molar refractivity (Wildman–Crippen MR) is 252 cm³/mol. The Morgan fingerprint density at radius 1 is 0.635 bits per heavy atom. The number of aliphatic hydroxyl groups excluding tert-OH is 5. The van der Waals surface area contributed by atoms with Crippen LogP contribution < -0.4 is 5.32 Å². The van der Waals surface area contributed by atoms with Crippen LogP contribution in [0.1, 0.15) is 232 Å². The minimum absolute atomic E-state index is 0.248. The normalized spacial score (nSPS) is 20.9. The van der Waals surface area contributed by atoms with Gasteiger partial charge in [0.25, 0.3) is 0 Å². The molecule has 1 fully saturated rings. The Labute approximate surface area is 383 Å². The van der Waals surface area contributed by atoms with E-state index in [9.17, 15) is 43.3 Å². The lowest BCUT2D eigenvalue weighted by molar-refractivity contribution is -0.298. The molecule has 0 saturated carbocycles. The number of ether oxygens (including phenoxy) is 2. The molecule has 1 heterocycles. The third-order valence-corrected chi connectivity index (χ3v) is 12.9. The summed E-state index contributed by atoms with van der Waals surface area (Å²) < 4.78 is 47.6. The van der Waals surface area contributed by atoms with Crippen LogP contribution in [0.4, 0.5) is 0 Å². The van der Waals surface area contributed by atoms with Crippen molar-refractivity contribution in [1.29, 1.82) is 0 Å². The van der Waals surface area contributed by atoms with Crippen LogP contribution in [0, 0.1) is 0 Å². The molecule has 0 aromatic heterocycles. The highest BCUT2D eigenvalue weighted by atomic mass is 32.3. The van der Waals surface area contributed by atoms with Crippen molar-refractivity contribution in [2.45, 2.75) is 281 Å². The Bertz CT molecular complexity index is 1190. The number of hydrogen-bond acceptors (Lipinski definition) is 11. The summed E-state index contributed by atoms with van der Waals surface area (Å²) in [5.74, 6) is -0.698. The Balaban J connectivity index is 2.51. The fourth-order valence-electron chi connectivity index (χ4n) is 8.34. The summed E-state index contributed by atoms with van der Waals surface area (Å²) in [5, 5.41) is 55.3.